The number of carbonyl (C=O) groups is 2. The number of benzene rings is 4. The van der Waals surface area contributed by atoms with E-state index in [1.54, 1.807) is 6.07 Å². The van der Waals surface area contributed by atoms with Crippen LogP contribution in [0.25, 0.3) is 10.8 Å². The fraction of sp³-hybridized carbons (Fsp3) is 0.143. The van der Waals surface area contributed by atoms with E-state index in [1.165, 1.54) is 5.56 Å². The van der Waals surface area contributed by atoms with Crippen LogP contribution in [0, 0.1) is 0 Å². The number of amides is 2. The molecule has 0 saturated heterocycles. The topological polar surface area (TPSA) is 58.2 Å². The highest BCUT2D eigenvalue weighted by atomic mass is 16.2. The van der Waals surface area contributed by atoms with Crippen molar-refractivity contribution >= 4 is 22.6 Å². The van der Waals surface area contributed by atoms with Crippen LogP contribution in [-0.4, -0.2) is 11.8 Å². The van der Waals surface area contributed by atoms with Crippen molar-refractivity contribution in [1.82, 2.24) is 10.6 Å². The van der Waals surface area contributed by atoms with Gasteiger partial charge in [0.1, 0.15) is 6.04 Å². The van der Waals surface area contributed by atoms with Gasteiger partial charge in [-0.3, -0.25) is 9.59 Å². The molecule has 0 aromatic heterocycles. The number of carbonyl (C=O) groups excluding carboxylic acids is 2. The first-order chi connectivity index (χ1) is 15.7. The summed E-state index contributed by atoms with van der Waals surface area (Å²) in [6.07, 6.45) is 1.59. The molecule has 0 bridgehead atoms. The van der Waals surface area contributed by atoms with Crippen LogP contribution in [0.15, 0.2) is 97.1 Å². The monoisotopic (exact) mass is 420 g/mol. The van der Waals surface area contributed by atoms with Crippen molar-refractivity contribution < 1.29 is 9.59 Å². The molecular formula is C28H24N2O2. The molecule has 5 rings (SSSR count). The van der Waals surface area contributed by atoms with Gasteiger partial charge in [0.15, 0.2) is 0 Å². The largest absolute Gasteiger partial charge is 0.347 e. The molecule has 4 aromatic rings. The normalized spacial score (nSPS) is 15.8. The molecule has 0 spiro atoms. The minimum atomic E-state index is -0.673. The summed E-state index contributed by atoms with van der Waals surface area (Å²) in [5, 5.41) is 8.35. The van der Waals surface area contributed by atoms with Gasteiger partial charge in [0, 0.05) is 5.56 Å². The number of hydrogen-bond donors (Lipinski definition) is 2. The first-order valence-corrected chi connectivity index (χ1v) is 10.9. The van der Waals surface area contributed by atoms with E-state index in [9.17, 15) is 9.59 Å². The van der Waals surface area contributed by atoms with E-state index < -0.39 is 6.04 Å². The maximum absolute atomic E-state index is 13.4. The molecule has 2 amide bonds. The molecule has 2 unspecified atom stereocenters. The summed E-state index contributed by atoms with van der Waals surface area (Å²) >= 11 is 0. The van der Waals surface area contributed by atoms with Crippen molar-refractivity contribution in [3.05, 3.63) is 119 Å². The third-order valence-electron chi connectivity index (χ3n) is 6.13. The minimum Gasteiger partial charge on any atom is -0.347 e. The van der Waals surface area contributed by atoms with Crippen LogP contribution in [0.4, 0.5) is 0 Å². The molecule has 4 heteroatoms. The predicted octanol–water partition coefficient (Wildman–Crippen LogP) is 5.11. The lowest BCUT2D eigenvalue weighted by atomic mass is 9.93. The Morgan fingerprint density at radius 2 is 1.56 bits per heavy atom. The van der Waals surface area contributed by atoms with Gasteiger partial charge in [-0.25, -0.2) is 0 Å². The molecule has 0 fully saturated rings. The van der Waals surface area contributed by atoms with Crippen molar-refractivity contribution in [2.24, 2.45) is 0 Å². The van der Waals surface area contributed by atoms with E-state index in [4.69, 9.17) is 0 Å². The Bertz CT molecular complexity index is 1280. The zero-order chi connectivity index (χ0) is 21.9. The van der Waals surface area contributed by atoms with E-state index in [0.717, 1.165) is 34.7 Å². The molecule has 158 valence electrons. The van der Waals surface area contributed by atoms with Gasteiger partial charge in [0.05, 0.1) is 6.04 Å². The fourth-order valence-corrected chi connectivity index (χ4v) is 4.52. The van der Waals surface area contributed by atoms with E-state index in [1.807, 2.05) is 54.6 Å². The summed E-state index contributed by atoms with van der Waals surface area (Å²) in [4.78, 5) is 25.7. The second kappa shape index (κ2) is 8.67. The molecule has 0 saturated carbocycles. The van der Waals surface area contributed by atoms with Gasteiger partial charge >= 0.3 is 0 Å². The van der Waals surface area contributed by atoms with Crippen molar-refractivity contribution in [2.75, 3.05) is 0 Å². The molecule has 4 nitrogen and oxygen atoms in total. The van der Waals surface area contributed by atoms with Crippen molar-refractivity contribution in [3.63, 3.8) is 0 Å². The molecule has 2 N–H and O–H groups in total. The number of hydrogen-bond acceptors (Lipinski definition) is 2. The zero-order valence-corrected chi connectivity index (χ0v) is 17.6. The molecule has 0 aliphatic carbocycles. The third kappa shape index (κ3) is 3.87. The van der Waals surface area contributed by atoms with Gasteiger partial charge in [-0.05, 0) is 46.4 Å². The first kappa shape index (κ1) is 20.0. The van der Waals surface area contributed by atoms with Gasteiger partial charge in [-0.15, -0.1) is 0 Å². The fourth-order valence-electron chi connectivity index (χ4n) is 4.52. The molecular weight excluding hydrogens is 396 g/mol. The highest BCUT2D eigenvalue weighted by Gasteiger charge is 2.34. The van der Waals surface area contributed by atoms with E-state index in [0.29, 0.717) is 5.56 Å². The number of aryl methyl sites for hydroxylation is 1. The maximum atomic E-state index is 13.4. The molecule has 0 radical (unpaired) electrons. The molecule has 4 aromatic carbocycles. The van der Waals surface area contributed by atoms with Crippen LogP contribution < -0.4 is 10.6 Å². The summed E-state index contributed by atoms with van der Waals surface area (Å²) in [5.41, 5.74) is 3.62. The second-order valence-corrected chi connectivity index (χ2v) is 8.15. The summed E-state index contributed by atoms with van der Waals surface area (Å²) in [5.74, 6) is -0.388. The molecule has 32 heavy (non-hydrogen) atoms. The first-order valence-electron chi connectivity index (χ1n) is 10.9. The van der Waals surface area contributed by atoms with Gasteiger partial charge in [-0.1, -0.05) is 91.0 Å². The van der Waals surface area contributed by atoms with E-state index in [-0.39, 0.29) is 17.9 Å². The quantitative estimate of drug-likeness (QED) is 0.455. The predicted molar refractivity (Wildman–Crippen MR) is 126 cm³/mol. The Kier molecular flexibility index (Phi) is 5.42. The number of rotatable bonds is 6. The Balaban J connectivity index is 1.46. The molecule has 2 atom stereocenters. The molecule has 1 heterocycles. The van der Waals surface area contributed by atoms with Crippen LogP contribution in [0.5, 0.6) is 0 Å². The average molecular weight is 421 g/mol. The summed E-state index contributed by atoms with van der Waals surface area (Å²) in [6, 6.07) is 31.1. The Hall–Kier alpha value is -3.92. The lowest BCUT2D eigenvalue weighted by molar-refractivity contribution is -0.123. The van der Waals surface area contributed by atoms with Crippen LogP contribution in [0.2, 0.25) is 0 Å². The van der Waals surface area contributed by atoms with Gasteiger partial charge in [0.25, 0.3) is 5.91 Å². The summed E-state index contributed by atoms with van der Waals surface area (Å²) in [6.45, 7) is 0. The molecule has 1 aliphatic rings. The van der Waals surface area contributed by atoms with Crippen LogP contribution in [0.1, 0.15) is 45.6 Å². The average Bonchev–Trinajstić information content (AvgIpc) is 3.19. The van der Waals surface area contributed by atoms with E-state index >= 15 is 0 Å². The number of fused-ring (bicyclic) bond motifs is 2. The Morgan fingerprint density at radius 1 is 0.844 bits per heavy atom. The Morgan fingerprint density at radius 3 is 2.44 bits per heavy atom. The Labute approximate surface area is 187 Å². The zero-order valence-electron chi connectivity index (χ0n) is 17.6. The van der Waals surface area contributed by atoms with Gasteiger partial charge in [0.2, 0.25) is 5.91 Å². The lowest BCUT2D eigenvalue weighted by Gasteiger charge is -2.23. The highest BCUT2D eigenvalue weighted by molar-refractivity contribution is 6.04. The van der Waals surface area contributed by atoms with Crippen LogP contribution in [-0.2, 0) is 11.2 Å². The second-order valence-electron chi connectivity index (χ2n) is 8.15. The highest BCUT2D eigenvalue weighted by Crippen LogP contribution is 2.30. The number of nitrogens with one attached hydrogen (secondary N) is 2. The third-order valence-corrected chi connectivity index (χ3v) is 6.13. The summed E-state index contributed by atoms with van der Waals surface area (Å²) < 4.78 is 0. The van der Waals surface area contributed by atoms with Crippen molar-refractivity contribution in [1.29, 1.82) is 0 Å². The SMILES string of the molecule is O=C1NC(C(=O)NC(CCc2ccccc2)c2cccc3ccccc23)c2ccccc21. The van der Waals surface area contributed by atoms with Crippen LogP contribution >= 0.6 is 0 Å². The van der Waals surface area contributed by atoms with Gasteiger partial charge in [-0.2, -0.15) is 0 Å². The summed E-state index contributed by atoms with van der Waals surface area (Å²) in [7, 11) is 0. The van der Waals surface area contributed by atoms with Crippen molar-refractivity contribution in [3.8, 4) is 0 Å². The molecule has 1 aliphatic heterocycles. The minimum absolute atomic E-state index is 0.182. The maximum Gasteiger partial charge on any atom is 0.252 e. The van der Waals surface area contributed by atoms with E-state index in [2.05, 4.69) is 47.0 Å². The lowest BCUT2D eigenvalue weighted by Crippen LogP contribution is -2.38. The van der Waals surface area contributed by atoms with Crippen LogP contribution in [0.3, 0.4) is 0 Å². The van der Waals surface area contributed by atoms with Crippen molar-refractivity contribution in [2.45, 2.75) is 24.9 Å². The smallest absolute Gasteiger partial charge is 0.252 e. The standard InChI is InChI=1S/C28H24N2O2/c31-27-24-15-7-6-14-23(24)26(30-27)28(32)29-25(18-17-19-9-2-1-3-10-19)22-16-8-12-20-11-4-5-13-21(20)22/h1-16,25-26H,17-18H2,(H,29,32)(H,30,31). The van der Waals surface area contributed by atoms with Gasteiger partial charge < -0.3 is 10.6 Å².